The Morgan fingerprint density at radius 3 is 3.17 bits per heavy atom. The number of hydrogen-bond donors (Lipinski definition) is 2. The van der Waals surface area contributed by atoms with Crippen molar-refractivity contribution in [1.29, 1.82) is 0 Å². The van der Waals surface area contributed by atoms with Crippen molar-refractivity contribution < 1.29 is 14.6 Å². The Morgan fingerprint density at radius 2 is 2.50 bits per heavy atom. The van der Waals surface area contributed by atoms with E-state index in [1.165, 1.54) is 6.42 Å². The van der Waals surface area contributed by atoms with Gasteiger partial charge in [0.05, 0.1) is 19.3 Å². The maximum atomic E-state index is 9.32. The lowest BCUT2D eigenvalue weighted by Crippen LogP contribution is -2.30. The first-order valence-corrected chi connectivity index (χ1v) is 7.44. The number of hydrogen-bond acceptors (Lipinski definition) is 5. The van der Waals surface area contributed by atoms with Gasteiger partial charge in [0.1, 0.15) is 0 Å². The Balaban J connectivity index is 1.61. The third-order valence-electron chi connectivity index (χ3n) is 3.06. The zero-order chi connectivity index (χ0) is 12.6. The maximum Gasteiger partial charge on any atom is 0.157 e. The summed E-state index contributed by atoms with van der Waals surface area (Å²) in [5, 5.41) is 16.7. The van der Waals surface area contributed by atoms with Crippen LogP contribution in [0.1, 0.15) is 30.9 Å². The largest absolute Gasteiger partial charge is 0.394 e. The molecule has 0 amide bonds. The van der Waals surface area contributed by atoms with Gasteiger partial charge in [0.15, 0.2) is 6.29 Å². The second kappa shape index (κ2) is 7.86. The van der Waals surface area contributed by atoms with Crippen molar-refractivity contribution in [3.63, 3.8) is 0 Å². The van der Waals surface area contributed by atoms with Crippen LogP contribution in [0.2, 0.25) is 0 Å². The van der Waals surface area contributed by atoms with E-state index in [9.17, 15) is 5.11 Å². The molecule has 102 valence electrons. The Kier molecular flexibility index (Phi) is 6.10. The van der Waals surface area contributed by atoms with E-state index in [0.29, 0.717) is 6.61 Å². The van der Waals surface area contributed by atoms with Gasteiger partial charge in [0.25, 0.3) is 0 Å². The number of aliphatic hydroxyl groups is 1. The first-order chi connectivity index (χ1) is 8.90. The number of aliphatic hydroxyl groups excluding tert-OH is 1. The molecule has 1 aliphatic rings. The number of rotatable bonds is 7. The molecule has 4 nitrogen and oxygen atoms in total. The highest BCUT2D eigenvalue weighted by molar-refractivity contribution is 7.07. The van der Waals surface area contributed by atoms with Crippen LogP contribution in [0.3, 0.4) is 0 Å². The standard InChI is InChI=1S/C13H21NO3S/c15-9-12(11-4-8-18-10-11)14-5-7-17-13-3-1-2-6-16-13/h4,8,10,12-15H,1-3,5-7,9H2/t12-,13+/m1/s1. The van der Waals surface area contributed by atoms with Crippen molar-refractivity contribution >= 4 is 11.3 Å². The molecule has 0 bridgehead atoms. The molecule has 1 fully saturated rings. The van der Waals surface area contributed by atoms with Crippen molar-refractivity contribution in [3.05, 3.63) is 22.4 Å². The molecular weight excluding hydrogens is 250 g/mol. The van der Waals surface area contributed by atoms with Crippen LogP contribution in [-0.4, -0.2) is 37.8 Å². The Morgan fingerprint density at radius 1 is 1.56 bits per heavy atom. The molecule has 1 saturated heterocycles. The third kappa shape index (κ3) is 4.33. The zero-order valence-corrected chi connectivity index (χ0v) is 11.3. The first kappa shape index (κ1) is 14.0. The fourth-order valence-corrected chi connectivity index (χ4v) is 2.74. The van der Waals surface area contributed by atoms with Gasteiger partial charge in [0, 0.05) is 13.2 Å². The molecule has 1 aromatic rings. The molecule has 0 aliphatic carbocycles. The number of thiophene rings is 1. The summed E-state index contributed by atoms with van der Waals surface area (Å²) in [6.45, 7) is 2.26. The molecule has 0 spiro atoms. The van der Waals surface area contributed by atoms with Crippen LogP contribution >= 0.6 is 11.3 Å². The van der Waals surface area contributed by atoms with Gasteiger partial charge in [-0.25, -0.2) is 0 Å². The molecule has 5 heteroatoms. The minimum absolute atomic E-state index is 0.00660. The van der Waals surface area contributed by atoms with Crippen molar-refractivity contribution in [2.45, 2.75) is 31.6 Å². The summed E-state index contributed by atoms with van der Waals surface area (Å²) in [4.78, 5) is 0. The lowest BCUT2D eigenvalue weighted by molar-refractivity contribution is -0.161. The highest BCUT2D eigenvalue weighted by Gasteiger charge is 2.14. The summed E-state index contributed by atoms with van der Waals surface area (Å²) < 4.78 is 11.1. The third-order valence-corrected chi connectivity index (χ3v) is 3.76. The Labute approximate surface area is 112 Å². The molecule has 2 N–H and O–H groups in total. The molecule has 2 atom stereocenters. The minimum atomic E-state index is -0.0331. The van der Waals surface area contributed by atoms with E-state index in [1.807, 2.05) is 11.4 Å². The van der Waals surface area contributed by atoms with Gasteiger partial charge in [-0.2, -0.15) is 11.3 Å². The Bertz CT molecular complexity index is 312. The van der Waals surface area contributed by atoms with Crippen LogP contribution in [0.4, 0.5) is 0 Å². The van der Waals surface area contributed by atoms with Crippen LogP contribution in [0.25, 0.3) is 0 Å². The van der Waals surface area contributed by atoms with E-state index in [0.717, 1.165) is 31.6 Å². The lowest BCUT2D eigenvalue weighted by Gasteiger charge is -2.23. The quantitative estimate of drug-likeness (QED) is 0.744. The van der Waals surface area contributed by atoms with Crippen molar-refractivity contribution in [2.24, 2.45) is 0 Å². The summed E-state index contributed by atoms with van der Waals surface area (Å²) in [5.74, 6) is 0. The second-order valence-electron chi connectivity index (χ2n) is 4.41. The van der Waals surface area contributed by atoms with E-state index in [4.69, 9.17) is 9.47 Å². The first-order valence-electron chi connectivity index (χ1n) is 6.49. The van der Waals surface area contributed by atoms with Gasteiger partial charge in [-0.1, -0.05) is 0 Å². The molecule has 0 radical (unpaired) electrons. The summed E-state index contributed by atoms with van der Waals surface area (Å²) in [6.07, 6.45) is 3.29. The summed E-state index contributed by atoms with van der Waals surface area (Å²) in [6, 6.07) is 2.04. The molecule has 1 aliphatic heterocycles. The minimum Gasteiger partial charge on any atom is -0.394 e. The van der Waals surface area contributed by atoms with Gasteiger partial charge in [0.2, 0.25) is 0 Å². The monoisotopic (exact) mass is 271 g/mol. The topological polar surface area (TPSA) is 50.7 Å². The molecule has 0 aromatic carbocycles. The molecule has 18 heavy (non-hydrogen) atoms. The molecule has 0 saturated carbocycles. The van der Waals surface area contributed by atoms with Crippen molar-refractivity contribution in [1.82, 2.24) is 5.32 Å². The zero-order valence-electron chi connectivity index (χ0n) is 10.5. The molecule has 0 unspecified atom stereocenters. The fourth-order valence-electron chi connectivity index (χ4n) is 2.03. The summed E-state index contributed by atoms with van der Waals surface area (Å²) in [7, 11) is 0. The van der Waals surface area contributed by atoms with Gasteiger partial charge in [-0.15, -0.1) is 0 Å². The molecule has 1 aromatic heterocycles. The highest BCUT2D eigenvalue weighted by Crippen LogP contribution is 2.16. The van der Waals surface area contributed by atoms with Crippen LogP contribution < -0.4 is 5.32 Å². The SMILES string of the molecule is OC[C@@H](NCCO[C@H]1CCCCO1)c1ccsc1. The van der Waals surface area contributed by atoms with Gasteiger partial charge in [-0.05, 0) is 41.7 Å². The average Bonchev–Trinajstić information content (AvgIpc) is 2.94. The molecular formula is C13H21NO3S. The van der Waals surface area contributed by atoms with Gasteiger partial charge < -0.3 is 19.9 Å². The van der Waals surface area contributed by atoms with E-state index in [2.05, 4.69) is 10.7 Å². The van der Waals surface area contributed by atoms with E-state index in [1.54, 1.807) is 11.3 Å². The van der Waals surface area contributed by atoms with Crippen molar-refractivity contribution in [3.8, 4) is 0 Å². The lowest BCUT2D eigenvalue weighted by atomic mass is 10.1. The number of nitrogens with one attached hydrogen (secondary N) is 1. The summed E-state index contributed by atoms with van der Waals surface area (Å²) in [5.41, 5.74) is 1.14. The van der Waals surface area contributed by atoms with E-state index >= 15 is 0 Å². The van der Waals surface area contributed by atoms with Crippen LogP contribution in [-0.2, 0) is 9.47 Å². The van der Waals surface area contributed by atoms with E-state index < -0.39 is 0 Å². The average molecular weight is 271 g/mol. The predicted molar refractivity (Wildman–Crippen MR) is 71.7 cm³/mol. The van der Waals surface area contributed by atoms with Gasteiger partial charge >= 0.3 is 0 Å². The fraction of sp³-hybridized carbons (Fsp3) is 0.692. The second-order valence-corrected chi connectivity index (χ2v) is 5.19. The van der Waals surface area contributed by atoms with Gasteiger partial charge in [-0.3, -0.25) is 0 Å². The van der Waals surface area contributed by atoms with Crippen LogP contribution in [0.5, 0.6) is 0 Å². The Hall–Kier alpha value is -0.460. The van der Waals surface area contributed by atoms with Crippen LogP contribution in [0.15, 0.2) is 16.8 Å². The van der Waals surface area contributed by atoms with E-state index in [-0.39, 0.29) is 18.9 Å². The van der Waals surface area contributed by atoms with Crippen molar-refractivity contribution in [2.75, 3.05) is 26.4 Å². The maximum absolute atomic E-state index is 9.32. The number of ether oxygens (including phenoxy) is 2. The predicted octanol–water partition coefficient (Wildman–Crippen LogP) is 1.91. The summed E-state index contributed by atoms with van der Waals surface area (Å²) >= 11 is 1.64. The molecule has 2 heterocycles. The normalized spacial score (nSPS) is 21.9. The smallest absolute Gasteiger partial charge is 0.157 e. The van der Waals surface area contributed by atoms with Crippen LogP contribution in [0, 0.1) is 0 Å². The molecule has 2 rings (SSSR count). The highest BCUT2D eigenvalue weighted by atomic mass is 32.1.